The van der Waals surface area contributed by atoms with Gasteiger partial charge in [0.05, 0.1) is 19.0 Å². The predicted molar refractivity (Wildman–Crippen MR) is 81.4 cm³/mol. The summed E-state index contributed by atoms with van der Waals surface area (Å²) in [6, 6.07) is 7.80. The Morgan fingerprint density at radius 1 is 1.05 bits per heavy atom. The first-order valence-corrected chi connectivity index (χ1v) is 7.21. The van der Waals surface area contributed by atoms with Crippen LogP contribution in [0.3, 0.4) is 0 Å². The summed E-state index contributed by atoms with van der Waals surface area (Å²) in [5.74, 6) is -0.0618. The Kier molecular flexibility index (Phi) is 4.83. The molecule has 2 rings (SSSR count). The minimum Gasteiger partial charge on any atom is -0.497 e. The van der Waals surface area contributed by atoms with Crippen LogP contribution in [0.4, 0.5) is 8.78 Å². The molecule has 2 aromatic rings. The van der Waals surface area contributed by atoms with Crippen LogP contribution in [0, 0.1) is 18.6 Å². The van der Waals surface area contributed by atoms with E-state index in [1.807, 2.05) is 0 Å². The Labute approximate surface area is 130 Å². The molecule has 0 aliphatic carbocycles. The highest BCUT2D eigenvalue weighted by Crippen LogP contribution is 2.41. The second-order valence-corrected chi connectivity index (χ2v) is 5.48. The molecule has 0 radical (unpaired) electrons. The lowest BCUT2D eigenvalue weighted by atomic mass is 10.0. The fraction of sp³-hybridized carbons (Fsp3) is 0.250. The maximum Gasteiger partial charge on any atom is 0.133 e. The van der Waals surface area contributed by atoms with Crippen LogP contribution >= 0.6 is 15.9 Å². The molecule has 0 aromatic heterocycles. The molecule has 0 aliphatic heterocycles. The maximum atomic E-state index is 14.3. The van der Waals surface area contributed by atoms with Crippen LogP contribution in [0.25, 0.3) is 0 Å². The van der Waals surface area contributed by atoms with Crippen molar-refractivity contribution in [2.45, 2.75) is 11.8 Å². The van der Waals surface area contributed by atoms with Crippen LogP contribution in [0.5, 0.6) is 11.5 Å². The van der Waals surface area contributed by atoms with Crippen molar-refractivity contribution in [1.82, 2.24) is 0 Å². The van der Waals surface area contributed by atoms with E-state index in [2.05, 4.69) is 15.9 Å². The van der Waals surface area contributed by atoms with Crippen LogP contribution in [0.2, 0.25) is 0 Å². The lowest BCUT2D eigenvalue weighted by Crippen LogP contribution is -2.04. The molecule has 0 N–H and O–H groups in total. The summed E-state index contributed by atoms with van der Waals surface area (Å²) in [4.78, 5) is -0.678. The molecule has 2 nitrogen and oxygen atoms in total. The van der Waals surface area contributed by atoms with E-state index in [0.29, 0.717) is 22.6 Å². The Hall–Kier alpha value is -1.62. The smallest absolute Gasteiger partial charge is 0.133 e. The zero-order chi connectivity index (χ0) is 15.6. The Balaban J connectivity index is 2.59. The van der Waals surface area contributed by atoms with Gasteiger partial charge < -0.3 is 9.47 Å². The van der Waals surface area contributed by atoms with E-state index in [1.165, 1.54) is 26.4 Å². The highest BCUT2D eigenvalue weighted by Gasteiger charge is 2.24. The number of aryl methyl sites for hydroxylation is 1. The lowest BCUT2D eigenvalue weighted by molar-refractivity contribution is 0.399. The van der Waals surface area contributed by atoms with Gasteiger partial charge in [-0.1, -0.05) is 22.0 Å². The summed E-state index contributed by atoms with van der Waals surface area (Å²) in [6.45, 7) is 1.60. The van der Waals surface area contributed by atoms with Gasteiger partial charge in [0.25, 0.3) is 0 Å². The van der Waals surface area contributed by atoms with Crippen LogP contribution < -0.4 is 9.47 Å². The molecule has 0 saturated carbocycles. The van der Waals surface area contributed by atoms with Crippen LogP contribution in [-0.4, -0.2) is 14.2 Å². The van der Waals surface area contributed by atoms with Gasteiger partial charge in [0.2, 0.25) is 0 Å². The van der Waals surface area contributed by atoms with Crippen molar-refractivity contribution in [3.8, 4) is 11.5 Å². The Morgan fingerprint density at radius 2 is 1.76 bits per heavy atom. The van der Waals surface area contributed by atoms with Crippen molar-refractivity contribution in [2.75, 3.05) is 14.2 Å². The molecule has 2 aromatic carbocycles. The second kappa shape index (κ2) is 6.43. The number of alkyl halides is 1. The van der Waals surface area contributed by atoms with Crippen molar-refractivity contribution >= 4 is 15.9 Å². The van der Waals surface area contributed by atoms with E-state index >= 15 is 0 Å². The third-order valence-corrected chi connectivity index (χ3v) is 4.23. The van der Waals surface area contributed by atoms with E-state index in [-0.39, 0.29) is 5.56 Å². The quantitative estimate of drug-likeness (QED) is 0.734. The van der Waals surface area contributed by atoms with E-state index < -0.39 is 16.5 Å². The minimum absolute atomic E-state index is 0.0402. The number of hydrogen-bond acceptors (Lipinski definition) is 2. The monoisotopic (exact) mass is 356 g/mol. The molecule has 0 spiro atoms. The van der Waals surface area contributed by atoms with Gasteiger partial charge in [0.15, 0.2) is 0 Å². The molecule has 0 saturated heterocycles. The van der Waals surface area contributed by atoms with Crippen molar-refractivity contribution in [3.63, 3.8) is 0 Å². The van der Waals surface area contributed by atoms with Crippen LogP contribution in [0.1, 0.15) is 21.5 Å². The molecule has 0 heterocycles. The number of methoxy groups -OCH3 is 2. The van der Waals surface area contributed by atoms with Gasteiger partial charge in [-0.15, -0.1) is 0 Å². The molecular weight excluding hydrogens is 342 g/mol. The molecule has 1 atom stereocenters. The van der Waals surface area contributed by atoms with Gasteiger partial charge in [-0.25, -0.2) is 8.78 Å². The molecular formula is C16H15BrF2O2. The van der Waals surface area contributed by atoms with Gasteiger partial charge in [-0.05, 0) is 36.8 Å². The highest BCUT2D eigenvalue weighted by atomic mass is 79.9. The summed E-state index contributed by atoms with van der Waals surface area (Å²) >= 11 is 3.37. The molecule has 0 aliphatic rings. The molecule has 0 amide bonds. The van der Waals surface area contributed by atoms with Crippen molar-refractivity contribution < 1.29 is 18.3 Å². The van der Waals surface area contributed by atoms with E-state index in [0.717, 1.165) is 0 Å². The van der Waals surface area contributed by atoms with E-state index in [9.17, 15) is 8.78 Å². The molecule has 5 heteroatoms. The fourth-order valence-electron chi connectivity index (χ4n) is 2.10. The first kappa shape index (κ1) is 15.8. The SMILES string of the molecule is COc1ccc(OC)c(C(Br)c2c(F)ccc(C)c2F)c1. The number of halogens is 3. The Bertz CT molecular complexity index is 659. The summed E-state index contributed by atoms with van der Waals surface area (Å²) in [5, 5.41) is 0. The standard InChI is InChI=1S/C16H15BrF2O2/c1-9-4-6-12(18)14(16(9)19)15(17)11-8-10(20-2)5-7-13(11)21-3/h4-8,15H,1-3H3. The van der Waals surface area contributed by atoms with Crippen LogP contribution in [-0.2, 0) is 0 Å². The molecule has 112 valence electrons. The molecule has 0 bridgehead atoms. The van der Waals surface area contributed by atoms with Crippen molar-refractivity contribution in [1.29, 1.82) is 0 Å². The summed E-state index contributed by atoms with van der Waals surface area (Å²) in [7, 11) is 3.04. The largest absolute Gasteiger partial charge is 0.497 e. The maximum absolute atomic E-state index is 14.3. The summed E-state index contributed by atoms with van der Waals surface area (Å²) in [5.41, 5.74) is 0.944. The topological polar surface area (TPSA) is 18.5 Å². The number of rotatable bonds is 4. The van der Waals surface area contributed by atoms with Gasteiger partial charge in [0, 0.05) is 11.1 Å². The number of benzene rings is 2. The average Bonchev–Trinajstić information content (AvgIpc) is 2.50. The Morgan fingerprint density at radius 3 is 2.38 bits per heavy atom. The van der Waals surface area contributed by atoms with Crippen molar-refractivity contribution in [3.05, 3.63) is 58.7 Å². The zero-order valence-electron chi connectivity index (χ0n) is 11.9. The van der Waals surface area contributed by atoms with Gasteiger partial charge >= 0.3 is 0 Å². The summed E-state index contributed by atoms with van der Waals surface area (Å²) in [6.07, 6.45) is 0. The summed E-state index contributed by atoms with van der Waals surface area (Å²) < 4.78 is 38.7. The van der Waals surface area contributed by atoms with Gasteiger partial charge in [-0.3, -0.25) is 0 Å². The lowest BCUT2D eigenvalue weighted by Gasteiger charge is -2.17. The number of hydrogen-bond donors (Lipinski definition) is 0. The second-order valence-electron chi connectivity index (χ2n) is 4.56. The minimum atomic E-state index is -0.678. The van der Waals surface area contributed by atoms with Gasteiger partial charge in [-0.2, -0.15) is 0 Å². The molecule has 1 unspecified atom stereocenters. The van der Waals surface area contributed by atoms with E-state index in [4.69, 9.17) is 9.47 Å². The average molecular weight is 357 g/mol. The number of ether oxygens (including phenoxy) is 2. The van der Waals surface area contributed by atoms with Crippen molar-refractivity contribution in [2.24, 2.45) is 0 Å². The highest BCUT2D eigenvalue weighted by molar-refractivity contribution is 9.09. The fourth-order valence-corrected chi connectivity index (χ4v) is 2.88. The predicted octanol–water partition coefficient (Wildman–Crippen LogP) is 4.77. The third kappa shape index (κ3) is 3.02. The van der Waals surface area contributed by atoms with E-state index in [1.54, 1.807) is 25.1 Å². The zero-order valence-corrected chi connectivity index (χ0v) is 13.5. The first-order chi connectivity index (χ1) is 9.99. The molecule has 21 heavy (non-hydrogen) atoms. The molecule has 0 fully saturated rings. The first-order valence-electron chi connectivity index (χ1n) is 6.30. The third-order valence-electron chi connectivity index (χ3n) is 3.28. The normalized spacial score (nSPS) is 12.1. The van der Waals surface area contributed by atoms with Gasteiger partial charge in [0.1, 0.15) is 23.1 Å². The van der Waals surface area contributed by atoms with Crippen LogP contribution in [0.15, 0.2) is 30.3 Å².